The largest absolute Gasteiger partial charge is 0.496 e. The summed E-state index contributed by atoms with van der Waals surface area (Å²) in [5.41, 5.74) is 8.52. The standard InChI is InChI=1S/C16H19N3O2/c1-11-9-14(17)13(10-19-11)16(20)18-8-7-12-5-3-4-6-15(12)21-2/h3-6,9-10H,7-8H2,1-2H3,(H2,17,19)(H,18,20). The zero-order valence-corrected chi connectivity index (χ0v) is 12.2. The number of pyridine rings is 1. The summed E-state index contributed by atoms with van der Waals surface area (Å²) < 4.78 is 5.28. The summed E-state index contributed by atoms with van der Waals surface area (Å²) in [6, 6.07) is 9.43. The highest BCUT2D eigenvalue weighted by atomic mass is 16.5. The number of aryl methyl sites for hydroxylation is 1. The molecule has 0 fully saturated rings. The first-order valence-corrected chi connectivity index (χ1v) is 6.74. The fourth-order valence-electron chi connectivity index (χ4n) is 2.09. The number of para-hydroxylation sites is 1. The number of carbonyl (C=O) groups excluding carboxylic acids is 1. The summed E-state index contributed by atoms with van der Waals surface area (Å²) in [7, 11) is 1.64. The molecule has 1 heterocycles. The third-order valence-electron chi connectivity index (χ3n) is 3.19. The molecule has 0 saturated carbocycles. The van der Waals surface area contributed by atoms with Crippen LogP contribution in [-0.2, 0) is 6.42 Å². The van der Waals surface area contributed by atoms with Gasteiger partial charge in [-0.1, -0.05) is 18.2 Å². The van der Waals surface area contributed by atoms with E-state index in [1.807, 2.05) is 31.2 Å². The lowest BCUT2D eigenvalue weighted by Gasteiger charge is -2.10. The van der Waals surface area contributed by atoms with Crippen molar-refractivity contribution in [3.63, 3.8) is 0 Å². The molecule has 0 atom stereocenters. The molecule has 0 radical (unpaired) electrons. The van der Waals surface area contributed by atoms with E-state index in [1.54, 1.807) is 13.2 Å². The van der Waals surface area contributed by atoms with Crippen molar-refractivity contribution in [2.75, 3.05) is 19.4 Å². The van der Waals surface area contributed by atoms with E-state index < -0.39 is 0 Å². The maximum absolute atomic E-state index is 12.1. The molecule has 5 heteroatoms. The minimum Gasteiger partial charge on any atom is -0.496 e. The molecule has 2 rings (SSSR count). The minimum atomic E-state index is -0.213. The van der Waals surface area contributed by atoms with Gasteiger partial charge in [-0.15, -0.1) is 0 Å². The average molecular weight is 285 g/mol. The zero-order chi connectivity index (χ0) is 15.2. The highest BCUT2D eigenvalue weighted by Crippen LogP contribution is 2.17. The van der Waals surface area contributed by atoms with Gasteiger partial charge in [0.1, 0.15) is 5.75 Å². The predicted octanol–water partition coefficient (Wildman–Crippen LogP) is 1.95. The van der Waals surface area contributed by atoms with Crippen molar-refractivity contribution in [3.05, 3.63) is 53.3 Å². The molecule has 1 aromatic carbocycles. The quantitative estimate of drug-likeness (QED) is 0.880. The Kier molecular flexibility index (Phi) is 4.77. The van der Waals surface area contributed by atoms with Crippen LogP contribution in [0.2, 0.25) is 0 Å². The molecule has 0 aliphatic carbocycles. The molecule has 1 amide bonds. The molecule has 0 spiro atoms. The van der Waals surface area contributed by atoms with Gasteiger partial charge in [0.25, 0.3) is 5.91 Å². The summed E-state index contributed by atoms with van der Waals surface area (Å²) in [5.74, 6) is 0.609. The number of methoxy groups -OCH3 is 1. The maximum atomic E-state index is 12.1. The Labute approximate surface area is 124 Å². The third-order valence-corrected chi connectivity index (χ3v) is 3.19. The first-order chi connectivity index (χ1) is 10.1. The second kappa shape index (κ2) is 6.74. The minimum absolute atomic E-state index is 0.213. The van der Waals surface area contributed by atoms with Crippen LogP contribution in [0.25, 0.3) is 0 Å². The number of hydrogen-bond acceptors (Lipinski definition) is 4. The summed E-state index contributed by atoms with van der Waals surface area (Å²) in [6.07, 6.45) is 2.19. The van der Waals surface area contributed by atoms with E-state index in [4.69, 9.17) is 10.5 Å². The van der Waals surface area contributed by atoms with Crippen LogP contribution in [0.1, 0.15) is 21.6 Å². The lowest BCUT2D eigenvalue weighted by molar-refractivity contribution is 0.0954. The van der Waals surface area contributed by atoms with Gasteiger partial charge >= 0.3 is 0 Å². The Morgan fingerprint density at radius 1 is 1.38 bits per heavy atom. The van der Waals surface area contributed by atoms with Crippen LogP contribution in [0.3, 0.4) is 0 Å². The Morgan fingerprint density at radius 2 is 2.14 bits per heavy atom. The highest BCUT2D eigenvalue weighted by molar-refractivity contribution is 5.98. The summed E-state index contributed by atoms with van der Waals surface area (Å²) in [5, 5.41) is 2.84. The third kappa shape index (κ3) is 3.72. The van der Waals surface area contributed by atoms with E-state index in [9.17, 15) is 4.79 Å². The van der Waals surface area contributed by atoms with Crippen LogP contribution in [0.5, 0.6) is 5.75 Å². The fraction of sp³-hybridized carbons (Fsp3) is 0.250. The van der Waals surface area contributed by atoms with Gasteiger partial charge in [0.2, 0.25) is 0 Å². The molecule has 1 aromatic heterocycles. The summed E-state index contributed by atoms with van der Waals surface area (Å²) in [4.78, 5) is 16.2. The zero-order valence-electron chi connectivity index (χ0n) is 12.2. The van der Waals surface area contributed by atoms with Gasteiger partial charge in [0, 0.05) is 24.1 Å². The van der Waals surface area contributed by atoms with Gasteiger partial charge in [-0.2, -0.15) is 0 Å². The van der Waals surface area contributed by atoms with Gasteiger partial charge in [-0.25, -0.2) is 0 Å². The van der Waals surface area contributed by atoms with Crippen LogP contribution in [-0.4, -0.2) is 24.5 Å². The Bertz CT molecular complexity index is 641. The number of benzene rings is 1. The van der Waals surface area contributed by atoms with E-state index >= 15 is 0 Å². The molecular formula is C16H19N3O2. The number of ether oxygens (including phenoxy) is 1. The number of nitrogens with one attached hydrogen (secondary N) is 1. The van der Waals surface area contributed by atoms with Crippen molar-refractivity contribution in [2.45, 2.75) is 13.3 Å². The molecule has 21 heavy (non-hydrogen) atoms. The molecule has 5 nitrogen and oxygen atoms in total. The van der Waals surface area contributed by atoms with Gasteiger partial charge in [-0.05, 0) is 31.0 Å². The van der Waals surface area contributed by atoms with Crippen LogP contribution >= 0.6 is 0 Å². The van der Waals surface area contributed by atoms with Crippen molar-refractivity contribution in [2.24, 2.45) is 0 Å². The SMILES string of the molecule is COc1ccccc1CCNC(=O)c1cnc(C)cc1N. The number of anilines is 1. The average Bonchev–Trinajstić information content (AvgIpc) is 2.47. The number of aromatic nitrogens is 1. The lowest BCUT2D eigenvalue weighted by Crippen LogP contribution is -2.26. The van der Waals surface area contributed by atoms with Gasteiger partial charge in [0.05, 0.1) is 12.7 Å². The molecule has 0 unspecified atom stereocenters. The Morgan fingerprint density at radius 3 is 2.86 bits per heavy atom. The molecule has 0 bridgehead atoms. The first-order valence-electron chi connectivity index (χ1n) is 6.74. The Balaban J connectivity index is 1.95. The summed E-state index contributed by atoms with van der Waals surface area (Å²) >= 11 is 0. The highest BCUT2D eigenvalue weighted by Gasteiger charge is 2.10. The van der Waals surface area contributed by atoms with E-state index in [0.29, 0.717) is 24.2 Å². The molecule has 0 aliphatic rings. The number of carbonyl (C=O) groups is 1. The number of nitrogens with zero attached hydrogens (tertiary/aromatic N) is 1. The maximum Gasteiger partial charge on any atom is 0.254 e. The van der Waals surface area contributed by atoms with Crippen molar-refractivity contribution >= 4 is 11.6 Å². The molecule has 0 saturated heterocycles. The molecule has 110 valence electrons. The van der Waals surface area contributed by atoms with Crippen LogP contribution in [0.4, 0.5) is 5.69 Å². The number of rotatable bonds is 5. The molecular weight excluding hydrogens is 266 g/mol. The lowest BCUT2D eigenvalue weighted by atomic mass is 10.1. The van der Waals surface area contributed by atoms with Crippen LogP contribution < -0.4 is 15.8 Å². The second-order valence-electron chi connectivity index (χ2n) is 4.73. The topological polar surface area (TPSA) is 77.2 Å². The van der Waals surface area contributed by atoms with Crippen LogP contribution in [0.15, 0.2) is 36.5 Å². The number of hydrogen-bond donors (Lipinski definition) is 2. The van der Waals surface area contributed by atoms with E-state index in [1.165, 1.54) is 6.20 Å². The van der Waals surface area contributed by atoms with Gasteiger partial charge in [0.15, 0.2) is 0 Å². The fourth-order valence-corrected chi connectivity index (χ4v) is 2.09. The van der Waals surface area contributed by atoms with Crippen molar-refractivity contribution in [1.82, 2.24) is 10.3 Å². The van der Waals surface area contributed by atoms with E-state index in [0.717, 1.165) is 17.0 Å². The Hall–Kier alpha value is -2.56. The number of amides is 1. The summed E-state index contributed by atoms with van der Waals surface area (Å²) in [6.45, 7) is 2.34. The van der Waals surface area contributed by atoms with Gasteiger partial charge < -0.3 is 15.8 Å². The first kappa shape index (κ1) is 14.8. The number of nitrogens with two attached hydrogens (primary N) is 1. The van der Waals surface area contributed by atoms with Crippen molar-refractivity contribution in [3.8, 4) is 5.75 Å². The normalized spacial score (nSPS) is 10.2. The van der Waals surface area contributed by atoms with Crippen molar-refractivity contribution < 1.29 is 9.53 Å². The second-order valence-corrected chi connectivity index (χ2v) is 4.73. The van der Waals surface area contributed by atoms with E-state index in [-0.39, 0.29) is 5.91 Å². The molecule has 3 N–H and O–H groups in total. The smallest absolute Gasteiger partial charge is 0.254 e. The predicted molar refractivity (Wildman–Crippen MR) is 82.4 cm³/mol. The number of nitrogen functional groups attached to an aromatic ring is 1. The van der Waals surface area contributed by atoms with Gasteiger partial charge in [-0.3, -0.25) is 9.78 Å². The monoisotopic (exact) mass is 285 g/mol. The van der Waals surface area contributed by atoms with Crippen LogP contribution in [0, 0.1) is 6.92 Å². The van der Waals surface area contributed by atoms with Crippen molar-refractivity contribution in [1.29, 1.82) is 0 Å². The van der Waals surface area contributed by atoms with E-state index in [2.05, 4.69) is 10.3 Å². The molecule has 0 aliphatic heterocycles. The molecule has 2 aromatic rings.